The molecule has 6 heteroatoms. The van der Waals surface area contributed by atoms with Gasteiger partial charge in [0.05, 0.1) is 17.4 Å². The molecule has 2 aromatic heterocycles. The molecule has 3 rings (SSSR count). The SMILES string of the molecule is CCn1cc(CN2CCC[C@@H]2c2nc(C)ncc2CN(C)C)c(C)n1. The van der Waals surface area contributed by atoms with E-state index in [0.29, 0.717) is 6.04 Å². The summed E-state index contributed by atoms with van der Waals surface area (Å²) in [6.07, 6.45) is 6.58. The summed E-state index contributed by atoms with van der Waals surface area (Å²) in [5.41, 5.74) is 4.92. The van der Waals surface area contributed by atoms with Crippen molar-refractivity contribution >= 4 is 0 Å². The first kappa shape index (κ1) is 18.0. The number of hydrogen-bond donors (Lipinski definition) is 0. The molecule has 136 valence electrons. The fourth-order valence-corrected chi connectivity index (χ4v) is 3.68. The largest absolute Gasteiger partial charge is 0.305 e. The molecule has 0 amide bonds. The Hall–Kier alpha value is -1.79. The highest BCUT2D eigenvalue weighted by Gasteiger charge is 2.30. The molecule has 0 unspecified atom stereocenters. The molecule has 1 aliphatic rings. The highest BCUT2D eigenvalue weighted by Crippen LogP contribution is 2.34. The van der Waals surface area contributed by atoms with Gasteiger partial charge in [-0.2, -0.15) is 5.10 Å². The molecular weight excluding hydrogens is 312 g/mol. The van der Waals surface area contributed by atoms with Crippen LogP contribution >= 0.6 is 0 Å². The Labute approximate surface area is 150 Å². The van der Waals surface area contributed by atoms with Crippen LogP contribution in [0.25, 0.3) is 0 Å². The number of hydrogen-bond acceptors (Lipinski definition) is 5. The van der Waals surface area contributed by atoms with Crippen molar-refractivity contribution in [2.75, 3.05) is 20.6 Å². The van der Waals surface area contributed by atoms with Gasteiger partial charge in [0, 0.05) is 43.2 Å². The van der Waals surface area contributed by atoms with Crippen molar-refractivity contribution in [1.82, 2.24) is 29.5 Å². The van der Waals surface area contributed by atoms with Crippen molar-refractivity contribution in [2.45, 2.75) is 59.3 Å². The molecule has 2 aromatic rings. The molecule has 0 spiro atoms. The first-order chi connectivity index (χ1) is 12.0. The number of rotatable bonds is 6. The van der Waals surface area contributed by atoms with Crippen LogP contribution < -0.4 is 0 Å². The van der Waals surface area contributed by atoms with Gasteiger partial charge in [0.15, 0.2) is 0 Å². The molecule has 25 heavy (non-hydrogen) atoms. The van der Waals surface area contributed by atoms with E-state index in [-0.39, 0.29) is 0 Å². The predicted octanol–water partition coefficient (Wildman–Crippen LogP) is 2.71. The Morgan fingerprint density at radius 3 is 2.72 bits per heavy atom. The summed E-state index contributed by atoms with van der Waals surface area (Å²) in [6.45, 7) is 10.1. The van der Waals surface area contributed by atoms with Crippen molar-refractivity contribution < 1.29 is 0 Å². The number of aryl methyl sites for hydroxylation is 3. The van der Waals surface area contributed by atoms with Crippen LogP contribution in [0.3, 0.4) is 0 Å². The molecule has 1 atom stereocenters. The van der Waals surface area contributed by atoms with E-state index in [4.69, 9.17) is 4.98 Å². The van der Waals surface area contributed by atoms with Crippen LogP contribution in [0.1, 0.15) is 54.1 Å². The molecule has 0 aromatic carbocycles. The summed E-state index contributed by atoms with van der Waals surface area (Å²) in [6, 6.07) is 0.376. The lowest BCUT2D eigenvalue weighted by Crippen LogP contribution is -2.26. The van der Waals surface area contributed by atoms with Crippen molar-refractivity contribution in [3.05, 3.63) is 40.7 Å². The number of nitrogens with zero attached hydrogens (tertiary/aromatic N) is 6. The maximum Gasteiger partial charge on any atom is 0.125 e. The Morgan fingerprint density at radius 1 is 1.24 bits per heavy atom. The van der Waals surface area contributed by atoms with Gasteiger partial charge in [-0.25, -0.2) is 9.97 Å². The molecule has 1 saturated heterocycles. The van der Waals surface area contributed by atoms with Gasteiger partial charge < -0.3 is 4.90 Å². The van der Waals surface area contributed by atoms with Crippen LogP contribution in [0.5, 0.6) is 0 Å². The van der Waals surface area contributed by atoms with Crippen molar-refractivity contribution in [3.63, 3.8) is 0 Å². The van der Waals surface area contributed by atoms with Gasteiger partial charge in [0.2, 0.25) is 0 Å². The highest BCUT2D eigenvalue weighted by atomic mass is 15.3. The van der Waals surface area contributed by atoms with Crippen LogP contribution in [-0.2, 0) is 19.6 Å². The standard InChI is InChI=1S/C19H30N6/c1-6-25-13-17(14(2)22-25)12-24-9-7-8-18(24)19-16(11-23(4)5)10-20-15(3)21-19/h10,13,18H,6-9,11-12H2,1-5H3/t18-/m1/s1. The Morgan fingerprint density at radius 2 is 2.04 bits per heavy atom. The zero-order chi connectivity index (χ0) is 18.0. The first-order valence-electron chi connectivity index (χ1n) is 9.22. The van der Waals surface area contributed by atoms with E-state index in [1.54, 1.807) is 0 Å². The first-order valence-corrected chi connectivity index (χ1v) is 9.22. The van der Waals surface area contributed by atoms with Gasteiger partial charge in [-0.05, 0) is 54.3 Å². The molecule has 0 saturated carbocycles. The summed E-state index contributed by atoms with van der Waals surface area (Å²) in [5, 5.41) is 4.60. The minimum atomic E-state index is 0.376. The molecule has 0 radical (unpaired) electrons. The van der Waals surface area contributed by atoms with Gasteiger partial charge in [0.1, 0.15) is 5.82 Å². The summed E-state index contributed by atoms with van der Waals surface area (Å²) in [7, 11) is 4.19. The smallest absolute Gasteiger partial charge is 0.125 e. The van der Waals surface area contributed by atoms with Crippen LogP contribution in [-0.4, -0.2) is 50.2 Å². The molecular formula is C19H30N6. The van der Waals surface area contributed by atoms with Crippen molar-refractivity contribution in [2.24, 2.45) is 0 Å². The lowest BCUT2D eigenvalue weighted by atomic mass is 10.0. The average Bonchev–Trinajstić information content (AvgIpc) is 3.16. The summed E-state index contributed by atoms with van der Waals surface area (Å²) >= 11 is 0. The quantitative estimate of drug-likeness (QED) is 0.808. The molecule has 0 bridgehead atoms. The zero-order valence-corrected chi connectivity index (χ0v) is 16.2. The van der Waals surface area contributed by atoms with E-state index in [1.165, 1.54) is 23.2 Å². The average molecular weight is 342 g/mol. The minimum Gasteiger partial charge on any atom is -0.305 e. The molecule has 0 N–H and O–H groups in total. The Kier molecular flexibility index (Phi) is 5.49. The summed E-state index contributed by atoms with van der Waals surface area (Å²) < 4.78 is 2.03. The second-order valence-electron chi connectivity index (χ2n) is 7.29. The summed E-state index contributed by atoms with van der Waals surface area (Å²) in [4.78, 5) is 14.0. The zero-order valence-electron chi connectivity index (χ0n) is 16.2. The van der Waals surface area contributed by atoms with Gasteiger partial charge in [0.25, 0.3) is 0 Å². The lowest BCUT2D eigenvalue weighted by Gasteiger charge is -2.26. The second kappa shape index (κ2) is 7.62. The van der Waals surface area contributed by atoms with E-state index in [1.807, 2.05) is 17.8 Å². The topological polar surface area (TPSA) is 50.1 Å². The molecule has 6 nitrogen and oxygen atoms in total. The third-order valence-electron chi connectivity index (χ3n) is 4.93. The maximum absolute atomic E-state index is 4.84. The fraction of sp³-hybridized carbons (Fsp3) is 0.632. The van der Waals surface area contributed by atoms with Gasteiger partial charge in [-0.1, -0.05) is 0 Å². The van der Waals surface area contributed by atoms with Crippen LogP contribution in [0.2, 0.25) is 0 Å². The Bertz CT molecular complexity index is 721. The molecule has 0 aliphatic carbocycles. The predicted molar refractivity (Wildman–Crippen MR) is 99.2 cm³/mol. The second-order valence-corrected chi connectivity index (χ2v) is 7.29. The van der Waals surface area contributed by atoms with Crippen molar-refractivity contribution in [1.29, 1.82) is 0 Å². The van der Waals surface area contributed by atoms with E-state index < -0.39 is 0 Å². The van der Waals surface area contributed by atoms with E-state index in [0.717, 1.165) is 44.1 Å². The number of likely N-dealkylation sites (tertiary alicyclic amines) is 1. The molecule has 1 aliphatic heterocycles. The van der Waals surface area contributed by atoms with Gasteiger partial charge in [-0.3, -0.25) is 9.58 Å². The fourth-order valence-electron chi connectivity index (χ4n) is 3.68. The third-order valence-corrected chi connectivity index (χ3v) is 4.93. The van der Waals surface area contributed by atoms with Crippen molar-refractivity contribution in [3.8, 4) is 0 Å². The van der Waals surface area contributed by atoms with Crippen LogP contribution in [0.4, 0.5) is 0 Å². The van der Waals surface area contributed by atoms with E-state index in [9.17, 15) is 0 Å². The monoisotopic (exact) mass is 342 g/mol. The van der Waals surface area contributed by atoms with E-state index >= 15 is 0 Å². The highest BCUT2D eigenvalue weighted by molar-refractivity contribution is 5.23. The van der Waals surface area contributed by atoms with Crippen LogP contribution in [0.15, 0.2) is 12.4 Å². The minimum absolute atomic E-state index is 0.376. The van der Waals surface area contributed by atoms with Gasteiger partial charge >= 0.3 is 0 Å². The molecule has 1 fully saturated rings. The summed E-state index contributed by atoms with van der Waals surface area (Å²) in [5.74, 6) is 0.860. The third kappa shape index (κ3) is 4.07. The lowest BCUT2D eigenvalue weighted by molar-refractivity contribution is 0.240. The Balaban J connectivity index is 1.86. The van der Waals surface area contributed by atoms with Gasteiger partial charge in [-0.15, -0.1) is 0 Å². The number of aromatic nitrogens is 4. The normalized spacial score (nSPS) is 18.4. The molecule has 3 heterocycles. The maximum atomic E-state index is 4.84. The van der Waals surface area contributed by atoms with E-state index in [2.05, 4.69) is 54.0 Å². The van der Waals surface area contributed by atoms with Crippen LogP contribution in [0, 0.1) is 13.8 Å².